The largest absolute Gasteiger partial charge is 0.507 e. The van der Waals surface area contributed by atoms with Crippen LogP contribution in [-0.2, 0) is 23.8 Å². The molecular formula is C35H42O21. The number of carboxylic acids is 1. The molecule has 2 fully saturated rings. The van der Waals surface area contributed by atoms with E-state index < -0.39 is 127 Å². The van der Waals surface area contributed by atoms with E-state index in [4.69, 9.17) is 42.7 Å². The summed E-state index contributed by atoms with van der Waals surface area (Å²) in [5, 5.41) is 102. The van der Waals surface area contributed by atoms with Crippen LogP contribution in [0.3, 0.4) is 0 Å². The lowest BCUT2D eigenvalue weighted by molar-refractivity contribution is -0.278. The molecule has 2 aliphatic rings. The normalized spacial score (nSPS) is 28.9. The Kier molecular flexibility index (Phi) is 13.0. The van der Waals surface area contributed by atoms with Gasteiger partial charge in [0, 0.05) is 17.7 Å². The molecule has 3 heterocycles. The number of fused-ring (bicyclic) bond motifs is 1. The van der Waals surface area contributed by atoms with Gasteiger partial charge in [0.2, 0.25) is 23.8 Å². The summed E-state index contributed by atoms with van der Waals surface area (Å²) >= 11 is 0. The van der Waals surface area contributed by atoms with Crippen molar-refractivity contribution in [3.63, 3.8) is 0 Å². The second-order valence-corrected chi connectivity index (χ2v) is 13.3. The molecule has 308 valence electrons. The minimum atomic E-state index is -2.05. The number of carbonyl (C=O) groups is 2. The van der Waals surface area contributed by atoms with E-state index in [0.717, 1.165) is 13.0 Å². The molecule has 0 unspecified atom stereocenters. The van der Waals surface area contributed by atoms with E-state index in [1.807, 2.05) is 0 Å². The first-order valence-corrected chi connectivity index (χ1v) is 16.9. The maximum atomic E-state index is 14.1. The van der Waals surface area contributed by atoms with Crippen molar-refractivity contribution in [2.45, 2.75) is 86.8 Å². The SMILES string of the molecule is COc1cc(O)c2c(=O)c(O[C@H]3O[C@H](COC(=O)C[C@@](C)(O)CC(=O)O)[C@@H](O)[C@H](O)[C@H]3O)c(-c3ccc(O[C@@H]4O[C@H](CO)[C@@H](O)[C@H](O)[C@H]4O)c(OC)c3)oc2c1. The van der Waals surface area contributed by atoms with Gasteiger partial charge in [-0.15, -0.1) is 0 Å². The smallest absolute Gasteiger partial charge is 0.308 e. The molecular weight excluding hydrogens is 756 g/mol. The van der Waals surface area contributed by atoms with E-state index in [9.17, 15) is 60.3 Å². The fourth-order valence-corrected chi connectivity index (χ4v) is 6.06. The fourth-order valence-electron chi connectivity index (χ4n) is 6.06. The predicted molar refractivity (Wildman–Crippen MR) is 183 cm³/mol. The summed E-state index contributed by atoms with van der Waals surface area (Å²) in [6, 6.07) is 6.26. The molecule has 0 bridgehead atoms. The topological polar surface area (TPSA) is 331 Å². The molecule has 21 nitrogen and oxygen atoms in total. The molecule has 2 aromatic carbocycles. The number of aliphatic hydroxyl groups is 8. The molecule has 21 heteroatoms. The standard InChI is InChI=1S/C35H42O21/c1-35(48,9-21(38)39)10-22(40)51-12-20-25(42)28(45)30(47)34(55-20)56-32-26(43)23-15(37)7-14(49-2)8-18(23)52-31(32)13-4-5-16(17(6-13)50-3)53-33-29(46)27(44)24(41)19(11-36)54-33/h4-8,19-20,24-25,27-30,33-34,36-37,41-42,44-48H,9-12H2,1-3H3,(H,38,39)/t19-,20-,24-,25-,27+,28+,29-,30-,33-,34-,35+/m1/s1. The van der Waals surface area contributed by atoms with Crippen LogP contribution in [0.2, 0.25) is 0 Å². The van der Waals surface area contributed by atoms with Crippen molar-refractivity contribution in [2.24, 2.45) is 0 Å². The van der Waals surface area contributed by atoms with Gasteiger partial charge in [-0.05, 0) is 25.1 Å². The van der Waals surface area contributed by atoms with Gasteiger partial charge < -0.3 is 88.6 Å². The molecule has 2 saturated heterocycles. The minimum Gasteiger partial charge on any atom is -0.507 e. The van der Waals surface area contributed by atoms with Gasteiger partial charge in [-0.1, -0.05) is 0 Å². The Morgan fingerprint density at radius 2 is 1.43 bits per heavy atom. The summed E-state index contributed by atoms with van der Waals surface area (Å²) in [5.74, 6) is -4.27. The zero-order valence-corrected chi connectivity index (χ0v) is 30.0. The van der Waals surface area contributed by atoms with Gasteiger partial charge in [0.05, 0.1) is 39.3 Å². The highest BCUT2D eigenvalue weighted by molar-refractivity contribution is 5.88. The summed E-state index contributed by atoms with van der Waals surface area (Å²) in [6.07, 6.45) is -19.2. The second-order valence-electron chi connectivity index (χ2n) is 13.3. The molecule has 2 aliphatic heterocycles. The fraction of sp³-hybridized carbons (Fsp3) is 0.514. The van der Waals surface area contributed by atoms with Crippen molar-refractivity contribution in [3.05, 3.63) is 40.6 Å². The zero-order chi connectivity index (χ0) is 41.2. The lowest BCUT2D eigenvalue weighted by atomic mass is 9.98. The average Bonchev–Trinajstić information content (AvgIpc) is 3.14. The van der Waals surface area contributed by atoms with Crippen LogP contribution in [0.25, 0.3) is 22.3 Å². The third-order valence-corrected chi connectivity index (χ3v) is 9.03. The van der Waals surface area contributed by atoms with Gasteiger partial charge in [-0.25, -0.2) is 0 Å². The van der Waals surface area contributed by atoms with Crippen LogP contribution in [0, 0.1) is 0 Å². The van der Waals surface area contributed by atoms with Crippen molar-refractivity contribution in [3.8, 4) is 40.1 Å². The first-order valence-electron chi connectivity index (χ1n) is 16.9. The lowest BCUT2D eigenvalue weighted by Crippen LogP contribution is -2.60. The highest BCUT2D eigenvalue weighted by Gasteiger charge is 2.47. The number of aliphatic carboxylic acids is 1. The molecule has 11 atom stereocenters. The maximum Gasteiger partial charge on any atom is 0.308 e. The number of benzene rings is 2. The molecule has 3 aromatic rings. The molecule has 0 spiro atoms. The number of phenolic OH excluding ortho intramolecular Hbond substituents is 1. The Labute approximate surface area is 315 Å². The number of aliphatic hydroxyl groups excluding tert-OH is 7. The molecule has 5 rings (SSSR count). The Morgan fingerprint density at radius 3 is 2.04 bits per heavy atom. The van der Waals surface area contributed by atoms with Crippen molar-refractivity contribution in [1.29, 1.82) is 0 Å². The Morgan fingerprint density at radius 1 is 0.804 bits per heavy atom. The van der Waals surface area contributed by atoms with E-state index in [1.54, 1.807) is 0 Å². The highest BCUT2D eigenvalue weighted by atomic mass is 16.7. The van der Waals surface area contributed by atoms with Crippen molar-refractivity contribution < 1.29 is 98.2 Å². The quantitative estimate of drug-likeness (QED) is 0.0767. The molecule has 10 N–H and O–H groups in total. The number of methoxy groups -OCH3 is 2. The molecule has 56 heavy (non-hydrogen) atoms. The van der Waals surface area contributed by atoms with Gasteiger partial charge >= 0.3 is 11.9 Å². The number of carbonyl (C=O) groups excluding carboxylic acids is 1. The number of phenols is 1. The number of hydrogen-bond donors (Lipinski definition) is 10. The molecule has 0 aliphatic carbocycles. The molecule has 1 aromatic heterocycles. The van der Waals surface area contributed by atoms with E-state index in [2.05, 4.69) is 0 Å². The first kappa shape index (κ1) is 42.3. The van der Waals surface area contributed by atoms with Crippen LogP contribution in [0.1, 0.15) is 19.8 Å². The number of hydrogen-bond acceptors (Lipinski definition) is 20. The monoisotopic (exact) mass is 798 g/mol. The van der Waals surface area contributed by atoms with Crippen LogP contribution in [-0.4, -0.2) is 157 Å². The Balaban J connectivity index is 1.50. The lowest BCUT2D eigenvalue weighted by Gasteiger charge is -2.40. The van der Waals surface area contributed by atoms with Crippen LogP contribution >= 0.6 is 0 Å². The molecule has 0 radical (unpaired) electrons. The van der Waals surface area contributed by atoms with E-state index in [-0.39, 0.29) is 34.2 Å². The Bertz CT molecular complexity index is 1940. The van der Waals surface area contributed by atoms with Crippen molar-refractivity contribution >= 4 is 22.9 Å². The van der Waals surface area contributed by atoms with Crippen LogP contribution in [0.4, 0.5) is 0 Å². The minimum absolute atomic E-state index is 0.0177. The zero-order valence-electron chi connectivity index (χ0n) is 30.0. The van der Waals surface area contributed by atoms with Gasteiger partial charge in [0.25, 0.3) is 0 Å². The highest BCUT2D eigenvalue weighted by Crippen LogP contribution is 2.41. The third-order valence-electron chi connectivity index (χ3n) is 9.03. The number of esters is 1. The summed E-state index contributed by atoms with van der Waals surface area (Å²) in [6.45, 7) is -0.418. The van der Waals surface area contributed by atoms with Crippen LogP contribution in [0.5, 0.6) is 28.7 Å². The summed E-state index contributed by atoms with van der Waals surface area (Å²) in [4.78, 5) is 37.5. The van der Waals surface area contributed by atoms with Gasteiger partial charge in [-0.3, -0.25) is 14.4 Å². The first-order chi connectivity index (χ1) is 26.4. The van der Waals surface area contributed by atoms with E-state index in [1.165, 1.54) is 38.5 Å². The summed E-state index contributed by atoms with van der Waals surface area (Å²) in [7, 11) is 2.53. The van der Waals surface area contributed by atoms with Crippen molar-refractivity contribution in [2.75, 3.05) is 27.4 Å². The van der Waals surface area contributed by atoms with E-state index in [0.29, 0.717) is 0 Å². The second kappa shape index (κ2) is 17.1. The average molecular weight is 799 g/mol. The summed E-state index contributed by atoms with van der Waals surface area (Å²) in [5.41, 5.74) is -3.20. The van der Waals surface area contributed by atoms with Gasteiger partial charge in [0.15, 0.2) is 17.3 Å². The van der Waals surface area contributed by atoms with Crippen molar-refractivity contribution in [1.82, 2.24) is 0 Å². The number of carboxylic acid groups (broad SMARTS) is 1. The predicted octanol–water partition coefficient (Wildman–Crippen LogP) is -2.29. The number of ether oxygens (including phenoxy) is 7. The molecule has 0 saturated carbocycles. The number of aromatic hydroxyl groups is 1. The van der Waals surface area contributed by atoms with E-state index >= 15 is 0 Å². The third kappa shape index (κ3) is 8.92. The molecule has 0 amide bonds. The van der Waals surface area contributed by atoms with Gasteiger partial charge in [-0.2, -0.15) is 0 Å². The van der Waals surface area contributed by atoms with Crippen LogP contribution < -0.4 is 24.4 Å². The van der Waals surface area contributed by atoms with Crippen LogP contribution in [0.15, 0.2) is 39.5 Å². The van der Waals surface area contributed by atoms with Gasteiger partial charge in [0.1, 0.15) is 77.9 Å². The summed E-state index contributed by atoms with van der Waals surface area (Å²) < 4.78 is 44.3. The maximum absolute atomic E-state index is 14.1. The number of rotatable bonds is 14. The Hall–Kier alpha value is -4.81.